The Morgan fingerprint density at radius 1 is 0.864 bits per heavy atom. The van der Waals surface area contributed by atoms with Crippen LogP contribution in [0.1, 0.15) is 87.1 Å². The number of unbranched alkanes of at least 4 members (excludes halogenated alkanes) is 9. The standard InChI is InChI=1S/C34H50NO7PS/c1-5-6-7-8-9-10-11-12-13-14-22-39-33-16-15-17-34(29(33)3)40-25-32(38-4)26-41-43(36,37)42-31-20-18-30(19-21-31)24-35-23-28(2)44-27-35/h15-21,23,27,32H,5-14,22,24-26H2,1-4H3. The lowest BCUT2D eigenvalue weighted by Crippen LogP contribution is -2.30. The number of ether oxygens (including phenoxy) is 3. The van der Waals surface area contributed by atoms with Gasteiger partial charge in [0.25, 0.3) is 0 Å². The lowest BCUT2D eigenvalue weighted by atomic mass is 10.1. The first-order valence-corrected chi connectivity index (χ1v) is 18.2. The Morgan fingerprint density at radius 3 is 2.11 bits per heavy atom. The van der Waals surface area contributed by atoms with E-state index < -0.39 is 13.9 Å². The largest absolute Gasteiger partial charge is 0.746 e. The van der Waals surface area contributed by atoms with Crippen LogP contribution in [0.5, 0.6) is 17.2 Å². The van der Waals surface area contributed by atoms with Crippen LogP contribution < -0.4 is 23.5 Å². The lowest BCUT2D eigenvalue weighted by Gasteiger charge is -2.25. The third kappa shape index (κ3) is 13.7. The van der Waals surface area contributed by atoms with E-state index in [2.05, 4.69) is 24.6 Å². The summed E-state index contributed by atoms with van der Waals surface area (Å²) in [5, 5.41) is 0. The van der Waals surface area contributed by atoms with Gasteiger partial charge in [-0.2, -0.15) is 4.57 Å². The van der Waals surface area contributed by atoms with E-state index in [1.807, 2.05) is 42.8 Å². The van der Waals surface area contributed by atoms with Crippen LogP contribution in [0.2, 0.25) is 0 Å². The monoisotopic (exact) mass is 647 g/mol. The minimum atomic E-state index is -4.61. The predicted molar refractivity (Wildman–Crippen MR) is 174 cm³/mol. The number of hydrogen-bond donors (Lipinski definition) is 0. The quantitative estimate of drug-likeness (QED) is 0.0586. The highest BCUT2D eigenvalue weighted by molar-refractivity contribution is 7.46. The van der Waals surface area contributed by atoms with Crippen LogP contribution in [0.4, 0.5) is 0 Å². The van der Waals surface area contributed by atoms with Crippen molar-refractivity contribution >= 4 is 19.2 Å². The van der Waals surface area contributed by atoms with E-state index in [1.165, 1.54) is 69.8 Å². The third-order valence-corrected chi connectivity index (χ3v) is 9.15. The normalized spacial score (nSPS) is 13.4. The van der Waals surface area contributed by atoms with Crippen LogP contribution in [-0.4, -0.2) is 33.0 Å². The van der Waals surface area contributed by atoms with Gasteiger partial charge in [0, 0.05) is 18.2 Å². The van der Waals surface area contributed by atoms with E-state index in [1.54, 1.807) is 23.5 Å². The number of benzene rings is 2. The molecule has 1 heterocycles. The molecule has 0 aliphatic carbocycles. The molecule has 2 atom stereocenters. The molecule has 44 heavy (non-hydrogen) atoms. The molecule has 0 saturated carbocycles. The minimum absolute atomic E-state index is 0.105. The van der Waals surface area contributed by atoms with Gasteiger partial charge < -0.3 is 28.2 Å². The average molecular weight is 648 g/mol. The number of phosphoric acid groups is 1. The maximum Gasteiger partial charge on any atom is 0.319 e. The second-order valence-electron chi connectivity index (χ2n) is 11.2. The van der Waals surface area contributed by atoms with Gasteiger partial charge in [-0.25, -0.2) is 0 Å². The van der Waals surface area contributed by atoms with Crippen LogP contribution in [0, 0.1) is 13.8 Å². The van der Waals surface area contributed by atoms with Crippen molar-refractivity contribution in [3.05, 3.63) is 70.2 Å². The first-order valence-electron chi connectivity index (χ1n) is 15.9. The first kappa shape index (κ1) is 36.1. The van der Waals surface area contributed by atoms with Gasteiger partial charge >= 0.3 is 7.82 Å². The summed E-state index contributed by atoms with van der Waals surface area (Å²) in [7, 11) is -3.13. The first-order chi connectivity index (χ1) is 21.3. The molecular weight excluding hydrogens is 597 g/mol. The summed E-state index contributed by atoms with van der Waals surface area (Å²) in [6, 6.07) is 12.6. The molecule has 0 saturated heterocycles. The molecule has 3 aromatic rings. The fraction of sp³-hybridized carbons (Fsp3) is 0.559. The van der Waals surface area contributed by atoms with Crippen LogP contribution >= 0.6 is 19.2 Å². The van der Waals surface area contributed by atoms with Gasteiger partial charge in [0.05, 0.1) is 18.1 Å². The van der Waals surface area contributed by atoms with Crippen molar-refractivity contribution in [1.82, 2.24) is 0 Å². The Bertz CT molecular complexity index is 1270. The maximum atomic E-state index is 12.5. The number of aromatic nitrogens is 1. The highest BCUT2D eigenvalue weighted by atomic mass is 32.1. The summed E-state index contributed by atoms with van der Waals surface area (Å²) in [5.41, 5.74) is 3.97. The Morgan fingerprint density at radius 2 is 1.50 bits per heavy atom. The van der Waals surface area contributed by atoms with Crippen molar-refractivity contribution in [3.8, 4) is 17.2 Å². The molecule has 2 aromatic carbocycles. The summed E-state index contributed by atoms with van der Waals surface area (Å²) >= 11 is 1.67. The van der Waals surface area contributed by atoms with Crippen molar-refractivity contribution in [2.24, 2.45) is 0 Å². The lowest BCUT2D eigenvalue weighted by molar-refractivity contribution is -0.683. The number of thiazole rings is 1. The molecule has 244 valence electrons. The summed E-state index contributed by atoms with van der Waals surface area (Å²) in [6.07, 6.45) is 14.3. The zero-order chi connectivity index (χ0) is 31.6. The SMILES string of the molecule is CCCCCCCCCCCCOc1cccc(OCC(COP(=O)([O-])Oc2ccc(C[n+]3csc(C)c3)cc2)OC)c1C. The van der Waals surface area contributed by atoms with E-state index in [9.17, 15) is 9.46 Å². The number of methoxy groups -OCH3 is 1. The molecule has 10 heteroatoms. The second kappa shape index (κ2) is 19.9. The molecule has 0 aliphatic heterocycles. The molecule has 1 aromatic heterocycles. The van der Waals surface area contributed by atoms with Gasteiger partial charge in [0.2, 0.25) is 5.51 Å². The number of hydrogen-bond acceptors (Lipinski definition) is 8. The molecule has 0 N–H and O–H groups in total. The molecule has 8 nitrogen and oxygen atoms in total. The van der Waals surface area contributed by atoms with Gasteiger partial charge in [-0.1, -0.05) is 82.1 Å². The molecule has 2 unspecified atom stereocenters. The highest BCUT2D eigenvalue weighted by Gasteiger charge is 2.18. The number of rotatable bonds is 23. The van der Waals surface area contributed by atoms with Gasteiger partial charge in [0.15, 0.2) is 12.7 Å². The molecular formula is C34H50NO7PS. The van der Waals surface area contributed by atoms with Gasteiger partial charge in [0.1, 0.15) is 30.0 Å². The molecule has 0 amide bonds. The van der Waals surface area contributed by atoms with Crippen molar-refractivity contribution < 1.29 is 37.3 Å². The minimum Gasteiger partial charge on any atom is -0.746 e. The fourth-order valence-corrected chi connectivity index (χ4v) is 6.18. The number of nitrogens with zero attached hydrogens (tertiary/aromatic N) is 1. The van der Waals surface area contributed by atoms with E-state index >= 15 is 0 Å². The van der Waals surface area contributed by atoms with Crippen molar-refractivity contribution in [3.63, 3.8) is 0 Å². The molecule has 0 fully saturated rings. The average Bonchev–Trinajstić information content (AvgIpc) is 3.42. The summed E-state index contributed by atoms with van der Waals surface area (Å²) in [4.78, 5) is 13.7. The molecule has 0 spiro atoms. The Labute approximate surface area is 267 Å². The van der Waals surface area contributed by atoms with Crippen LogP contribution in [0.25, 0.3) is 0 Å². The predicted octanol–water partition coefficient (Wildman–Crippen LogP) is 7.96. The molecule has 3 rings (SSSR count). The summed E-state index contributed by atoms with van der Waals surface area (Å²) in [6.45, 7) is 7.49. The smallest absolute Gasteiger partial charge is 0.319 e. The van der Waals surface area contributed by atoms with Crippen molar-refractivity contribution in [1.29, 1.82) is 0 Å². The van der Waals surface area contributed by atoms with E-state index in [4.69, 9.17) is 23.3 Å². The van der Waals surface area contributed by atoms with Gasteiger partial charge in [-0.05, 0) is 56.7 Å². The topological polar surface area (TPSA) is 90.2 Å². The van der Waals surface area contributed by atoms with Crippen LogP contribution in [0.15, 0.2) is 54.2 Å². The Kier molecular flexibility index (Phi) is 16.3. The van der Waals surface area contributed by atoms with Gasteiger partial charge in [-0.3, -0.25) is 4.57 Å². The van der Waals surface area contributed by atoms with E-state index in [0.29, 0.717) is 18.9 Å². The van der Waals surface area contributed by atoms with Crippen molar-refractivity contribution in [2.75, 3.05) is 26.9 Å². The fourth-order valence-electron chi connectivity index (χ4n) is 4.77. The maximum absolute atomic E-state index is 12.5. The summed E-state index contributed by atoms with van der Waals surface area (Å²) in [5.74, 6) is 1.63. The third-order valence-electron chi connectivity index (χ3n) is 7.39. The van der Waals surface area contributed by atoms with Gasteiger partial charge in [-0.15, -0.1) is 0 Å². The summed E-state index contributed by atoms with van der Waals surface area (Å²) < 4.78 is 42.3. The highest BCUT2D eigenvalue weighted by Crippen LogP contribution is 2.39. The zero-order valence-electron chi connectivity index (χ0n) is 26.8. The Hall–Kier alpha value is -2.42. The van der Waals surface area contributed by atoms with Crippen molar-refractivity contribution in [2.45, 2.75) is 97.6 Å². The molecule has 0 aliphatic rings. The number of phosphoric ester groups is 1. The van der Waals surface area contributed by atoms with E-state index in [0.717, 1.165) is 23.3 Å². The second-order valence-corrected chi connectivity index (χ2v) is 13.6. The van der Waals surface area contributed by atoms with Crippen LogP contribution in [-0.2, 0) is 20.4 Å². The zero-order valence-corrected chi connectivity index (χ0v) is 28.5. The molecule has 0 radical (unpaired) electrons. The van der Waals surface area contributed by atoms with E-state index in [-0.39, 0.29) is 19.0 Å². The molecule has 0 bridgehead atoms. The number of aryl methyl sites for hydroxylation is 1. The van der Waals surface area contributed by atoms with Crippen LogP contribution in [0.3, 0.4) is 0 Å². The Balaban J connectivity index is 1.36.